The number of carbonyl (C=O) groups excluding carboxylic acids is 1. The van der Waals surface area contributed by atoms with Gasteiger partial charge in [-0.1, -0.05) is 0 Å². The molecule has 0 amide bonds. The Balaban J connectivity index is 2.45. The molecule has 17 heavy (non-hydrogen) atoms. The van der Waals surface area contributed by atoms with Crippen molar-refractivity contribution in [3.63, 3.8) is 0 Å². The molecule has 0 N–H and O–H groups in total. The van der Waals surface area contributed by atoms with Gasteiger partial charge in [0.15, 0.2) is 5.78 Å². The predicted molar refractivity (Wildman–Crippen MR) is 75.1 cm³/mol. The maximum Gasteiger partial charge on any atom is 0.191 e. The zero-order chi connectivity index (χ0) is 12.4. The second-order valence-corrected chi connectivity index (χ2v) is 5.59. The smallest absolute Gasteiger partial charge is 0.191 e. The summed E-state index contributed by atoms with van der Waals surface area (Å²) < 4.78 is 6.30. The molecule has 0 bridgehead atoms. The van der Waals surface area contributed by atoms with Gasteiger partial charge >= 0.3 is 0 Å². The van der Waals surface area contributed by atoms with Gasteiger partial charge in [-0.05, 0) is 36.3 Å². The minimum atomic E-state index is 0.168. The lowest BCUT2D eigenvalue weighted by atomic mass is 10.1. The van der Waals surface area contributed by atoms with E-state index in [0.717, 1.165) is 33.1 Å². The van der Waals surface area contributed by atoms with Crippen molar-refractivity contribution in [2.24, 2.45) is 0 Å². The third kappa shape index (κ3) is 2.24. The molecule has 2 rings (SSSR count). The van der Waals surface area contributed by atoms with Gasteiger partial charge in [0.2, 0.25) is 0 Å². The van der Waals surface area contributed by atoms with Crippen LogP contribution < -0.4 is 4.74 Å². The molecule has 0 radical (unpaired) electrons. The van der Waals surface area contributed by atoms with E-state index in [1.54, 1.807) is 30.6 Å². The van der Waals surface area contributed by atoms with Crippen LogP contribution in [-0.2, 0) is 6.42 Å². The number of hydrogen-bond acceptors (Lipinski definition) is 4. The molecule has 1 aliphatic carbocycles. The maximum atomic E-state index is 12.2. The average molecular weight is 266 g/mol. The highest BCUT2D eigenvalue weighted by Crippen LogP contribution is 2.37. The number of thioether (sulfide) groups is 2. The quantitative estimate of drug-likeness (QED) is 0.784. The number of rotatable bonds is 3. The lowest BCUT2D eigenvalue weighted by Gasteiger charge is -2.02. The second kappa shape index (κ2) is 5.19. The van der Waals surface area contributed by atoms with Crippen molar-refractivity contribution in [1.29, 1.82) is 0 Å². The molecule has 0 spiro atoms. The van der Waals surface area contributed by atoms with E-state index in [1.165, 1.54) is 0 Å². The Kier molecular flexibility index (Phi) is 3.84. The van der Waals surface area contributed by atoms with Gasteiger partial charge < -0.3 is 4.74 Å². The van der Waals surface area contributed by atoms with Crippen LogP contribution in [0.3, 0.4) is 0 Å². The zero-order valence-corrected chi connectivity index (χ0v) is 11.7. The van der Waals surface area contributed by atoms with Gasteiger partial charge in [0.25, 0.3) is 0 Å². The molecule has 1 aromatic carbocycles. The van der Waals surface area contributed by atoms with Crippen molar-refractivity contribution >= 4 is 29.3 Å². The Morgan fingerprint density at radius 3 is 2.59 bits per heavy atom. The normalized spacial score (nSPS) is 13.8. The molecule has 1 aromatic rings. The summed E-state index contributed by atoms with van der Waals surface area (Å²) in [6.45, 7) is 0. The van der Waals surface area contributed by atoms with E-state index < -0.39 is 0 Å². The molecule has 1 aliphatic rings. The predicted octanol–water partition coefficient (Wildman–Crippen LogP) is 3.37. The Morgan fingerprint density at radius 2 is 2.00 bits per heavy atom. The van der Waals surface area contributed by atoms with E-state index in [9.17, 15) is 4.79 Å². The first kappa shape index (κ1) is 12.6. The second-order valence-electron chi connectivity index (χ2n) is 3.70. The Labute approximate surface area is 110 Å². The van der Waals surface area contributed by atoms with Gasteiger partial charge in [-0.15, -0.1) is 23.5 Å². The third-order valence-corrected chi connectivity index (χ3v) is 5.05. The zero-order valence-electron chi connectivity index (χ0n) is 10.1. The number of methoxy groups -OCH3 is 1. The van der Waals surface area contributed by atoms with Crippen LogP contribution in [-0.4, -0.2) is 25.4 Å². The van der Waals surface area contributed by atoms with Gasteiger partial charge in [-0.3, -0.25) is 4.79 Å². The average Bonchev–Trinajstić information content (AvgIpc) is 2.68. The molecule has 0 unspecified atom stereocenters. The number of fused-ring (bicyclic) bond motifs is 1. The molecule has 0 aromatic heterocycles. The first-order valence-corrected chi connectivity index (χ1v) is 7.69. The van der Waals surface area contributed by atoms with E-state index in [0.29, 0.717) is 0 Å². The highest BCUT2D eigenvalue weighted by atomic mass is 32.2. The van der Waals surface area contributed by atoms with Gasteiger partial charge in [0.05, 0.1) is 7.11 Å². The number of ketones is 1. The molecule has 2 nitrogen and oxygen atoms in total. The highest BCUT2D eigenvalue weighted by molar-refractivity contribution is 8.21. The van der Waals surface area contributed by atoms with Crippen LogP contribution in [0, 0.1) is 0 Å². The molecular weight excluding hydrogens is 252 g/mol. The maximum absolute atomic E-state index is 12.2. The molecule has 0 heterocycles. The fourth-order valence-corrected chi connectivity index (χ4v) is 3.48. The topological polar surface area (TPSA) is 26.3 Å². The molecular formula is C13H14O2S2. The number of carbonyl (C=O) groups is 1. The minimum Gasteiger partial charge on any atom is -0.497 e. The van der Waals surface area contributed by atoms with Gasteiger partial charge in [-0.2, -0.15) is 0 Å². The Morgan fingerprint density at radius 1 is 1.29 bits per heavy atom. The van der Waals surface area contributed by atoms with Gasteiger partial charge in [0.1, 0.15) is 5.75 Å². The van der Waals surface area contributed by atoms with Gasteiger partial charge in [-0.25, -0.2) is 0 Å². The summed E-state index contributed by atoms with van der Waals surface area (Å²) in [7, 11) is 1.64. The van der Waals surface area contributed by atoms with Crippen molar-refractivity contribution in [1.82, 2.24) is 0 Å². The summed E-state index contributed by atoms with van der Waals surface area (Å²) >= 11 is 3.28. The molecule has 0 saturated carbocycles. The number of hydrogen-bond donors (Lipinski definition) is 0. The number of allylic oxidation sites excluding steroid dienone is 1. The van der Waals surface area contributed by atoms with E-state index in [-0.39, 0.29) is 5.78 Å². The molecule has 0 atom stereocenters. The monoisotopic (exact) mass is 266 g/mol. The molecule has 0 fully saturated rings. The molecule has 4 heteroatoms. The molecule has 0 saturated heterocycles. The number of benzene rings is 1. The van der Waals surface area contributed by atoms with Crippen LogP contribution in [0.2, 0.25) is 0 Å². The van der Waals surface area contributed by atoms with E-state index in [2.05, 4.69) is 0 Å². The Bertz CT molecular complexity index is 486. The van der Waals surface area contributed by atoms with Crippen LogP contribution in [0.1, 0.15) is 15.9 Å². The van der Waals surface area contributed by atoms with Crippen molar-refractivity contribution < 1.29 is 9.53 Å². The highest BCUT2D eigenvalue weighted by Gasteiger charge is 2.27. The van der Waals surface area contributed by atoms with Crippen LogP contribution in [0.5, 0.6) is 5.75 Å². The summed E-state index contributed by atoms with van der Waals surface area (Å²) in [5.74, 6) is 0.981. The number of ether oxygens (including phenoxy) is 1. The standard InChI is InChI=1S/C13H14O2S2/c1-15-9-4-5-10-8(6-9)7-11(12(10)14)13(16-2)17-3/h4-6H,7H2,1-3H3. The molecule has 90 valence electrons. The van der Waals surface area contributed by atoms with Gasteiger partial charge in [0, 0.05) is 21.8 Å². The van der Waals surface area contributed by atoms with Crippen molar-refractivity contribution in [2.45, 2.75) is 6.42 Å². The molecule has 0 aliphatic heterocycles. The fraction of sp³-hybridized carbons (Fsp3) is 0.308. The first-order valence-electron chi connectivity index (χ1n) is 5.24. The minimum absolute atomic E-state index is 0.168. The number of Topliss-reactive ketones (excluding diaryl/α,β-unsaturated/α-hetero) is 1. The first-order chi connectivity index (χ1) is 8.21. The third-order valence-electron chi connectivity index (χ3n) is 2.82. The lowest BCUT2D eigenvalue weighted by Crippen LogP contribution is -1.97. The summed E-state index contributed by atoms with van der Waals surface area (Å²) in [6, 6.07) is 5.66. The van der Waals surface area contributed by atoms with E-state index >= 15 is 0 Å². The largest absolute Gasteiger partial charge is 0.497 e. The fourth-order valence-electron chi connectivity index (χ4n) is 1.99. The summed E-state index contributed by atoms with van der Waals surface area (Å²) in [6.07, 6.45) is 4.74. The van der Waals surface area contributed by atoms with Crippen molar-refractivity contribution in [2.75, 3.05) is 19.6 Å². The van der Waals surface area contributed by atoms with Crippen molar-refractivity contribution in [3.8, 4) is 5.75 Å². The van der Waals surface area contributed by atoms with Crippen LogP contribution >= 0.6 is 23.5 Å². The van der Waals surface area contributed by atoms with Crippen LogP contribution in [0.4, 0.5) is 0 Å². The Hall–Kier alpha value is -0.870. The lowest BCUT2D eigenvalue weighted by molar-refractivity contribution is 0.103. The summed E-state index contributed by atoms with van der Waals surface area (Å²) in [5.41, 5.74) is 2.82. The summed E-state index contributed by atoms with van der Waals surface area (Å²) in [4.78, 5) is 12.2. The van der Waals surface area contributed by atoms with Crippen LogP contribution in [0.15, 0.2) is 28.0 Å². The van der Waals surface area contributed by atoms with E-state index in [4.69, 9.17) is 4.74 Å². The van der Waals surface area contributed by atoms with E-state index in [1.807, 2.05) is 30.7 Å². The van der Waals surface area contributed by atoms with Crippen LogP contribution in [0.25, 0.3) is 0 Å². The van der Waals surface area contributed by atoms with Crippen molar-refractivity contribution in [3.05, 3.63) is 39.1 Å². The summed E-state index contributed by atoms with van der Waals surface area (Å²) in [5, 5.41) is 0. The SMILES string of the molecule is COc1ccc2c(c1)CC(=C(SC)SC)C2=O.